The van der Waals surface area contributed by atoms with Crippen molar-refractivity contribution >= 4 is 11.9 Å². The molecule has 0 aromatic carbocycles. The van der Waals surface area contributed by atoms with Gasteiger partial charge < -0.3 is 24.4 Å². The Bertz CT molecular complexity index is 1500. The maximum Gasteiger partial charge on any atom is 0.309 e. The van der Waals surface area contributed by atoms with Crippen LogP contribution in [-0.2, 0) is 23.8 Å². The molecule has 2 unspecified atom stereocenters. The number of rotatable bonds is 16. The number of aliphatic hydroxyl groups excluding tert-OH is 2. The molecule has 0 saturated heterocycles. The molecule has 0 heterocycles. The number of carbonyl (C=O) groups is 2. The van der Waals surface area contributed by atoms with Gasteiger partial charge in [0.15, 0.2) is 0 Å². The Morgan fingerprint density at radius 1 is 0.574 bits per heavy atom. The van der Waals surface area contributed by atoms with Crippen molar-refractivity contribution in [3.8, 4) is 0 Å². The van der Waals surface area contributed by atoms with Gasteiger partial charge in [-0.15, -0.1) is 0 Å². The molecule has 8 aliphatic carbocycles. The van der Waals surface area contributed by atoms with E-state index in [4.69, 9.17) is 14.2 Å². The number of methoxy groups -OCH3 is 2. The summed E-state index contributed by atoms with van der Waals surface area (Å²) in [6, 6.07) is 0. The van der Waals surface area contributed by atoms with E-state index in [9.17, 15) is 19.8 Å². The molecule has 6 saturated carbocycles. The first-order valence-corrected chi connectivity index (χ1v) is 25.8. The van der Waals surface area contributed by atoms with Gasteiger partial charge in [0, 0.05) is 13.2 Å². The first-order valence-electron chi connectivity index (χ1n) is 25.8. The van der Waals surface area contributed by atoms with Crippen molar-refractivity contribution in [3.05, 3.63) is 23.3 Å². The molecular formula is C54H86O7. The fourth-order valence-corrected chi connectivity index (χ4v) is 17.4. The molecule has 8 aliphatic rings. The Balaban J connectivity index is 0.989. The smallest absolute Gasteiger partial charge is 0.309 e. The van der Waals surface area contributed by atoms with Crippen molar-refractivity contribution < 1.29 is 34.0 Å². The van der Waals surface area contributed by atoms with Crippen LogP contribution in [0.3, 0.4) is 0 Å². The quantitative estimate of drug-likeness (QED) is 0.0906. The minimum Gasteiger partial charge on any atom is -0.469 e. The summed E-state index contributed by atoms with van der Waals surface area (Å²) in [6.07, 6.45) is 32.6. The number of unbranched alkanes of at least 4 members (excludes halogenated alkanes) is 4. The second-order valence-corrected chi connectivity index (χ2v) is 23.3. The number of aliphatic hydroxyl groups is 2. The minimum absolute atomic E-state index is 0.0161. The van der Waals surface area contributed by atoms with Crippen LogP contribution in [0.1, 0.15) is 182 Å². The van der Waals surface area contributed by atoms with Crippen LogP contribution in [-0.4, -0.2) is 61.8 Å². The van der Waals surface area contributed by atoms with Crippen molar-refractivity contribution in [1.29, 1.82) is 0 Å². The van der Waals surface area contributed by atoms with Crippen molar-refractivity contribution in [3.63, 3.8) is 0 Å². The van der Waals surface area contributed by atoms with E-state index in [0.717, 1.165) is 103 Å². The van der Waals surface area contributed by atoms with Gasteiger partial charge in [-0.3, -0.25) is 9.59 Å². The summed E-state index contributed by atoms with van der Waals surface area (Å²) in [5.74, 6) is 5.15. The van der Waals surface area contributed by atoms with E-state index in [-0.39, 0.29) is 70.9 Å². The van der Waals surface area contributed by atoms with Crippen LogP contribution in [0.15, 0.2) is 23.3 Å². The summed E-state index contributed by atoms with van der Waals surface area (Å²) in [7, 11) is 3.14. The number of ether oxygens (including phenoxy) is 3. The van der Waals surface area contributed by atoms with E-state index in [0.29, 0.717) is 47.3 Å². The molecule has 0 aromatic heterocycles. The van der Waals surface area contributed by atoms with Crippen molar-refractivity contribution in [2.75, 3.05) is 27.4 Å². The largest absolute Gasteiger partial charge is 0.469 e. The maximum absolute atomic E-state index is 12.9. The molecule has 61 heavy (non-hydrogen) atoms. The van der Waals surface area contributed by atoms with Gasteiger partial charge in [-0.2, -0.15) is 0 Å². The van der Waals surface area contributed by atoms with E-state index in [2.05, 4.69) is 39.8 Å². The van der Waals surface area contributed by atoms with Crippen LogP contribution < -0.4 is 0 Å². The minimum atomic E-state index is 0.0161. The second kappa shape index (κ2) is 18.7. The van der Waals surface area contributed by atoms with Gasteiger partial charge in [-0.05, 0) is 197 Å². The van der Waals surface area contributed by atoms with E-state index in [1.54, 1.807) is 25.4 Å². The van der Waals surface area contributed by atoms with Crippen molar-refractivity contribution in [2.45, 2.75) is 194 Å². The Labute approximate surface area is 370 Å². The van der Waals surface area contributed by atoms with Gasteiger partial charge in [0.1, 0.15) is 0 Å². The summed E-state index contributed by atoms with van der Waals surface area (Å²) in [4.78, 5) is 25.8. The highest BCUT2D eigenvalue weighted by atomic mass is 16.5. The van der Waals surface area contributed by atoms with Gasteiger partial charge in [0.05, 0.1) is 38.3 Å². The molecule has 0 radical (unpaired) electrons. The third-order valence-electron chi connectivity index (χ3n) is 21.0. The highest BCUT2D eigenvalue weighted by Crippen LogP contribution is 2.69. The Morgan fingerprint density at radius 2 is 1.00 bits per heavy atom. The Kier molecular flexibility index (Phi) is 14.0. The molecule has 2 N–H and O–H groups in total. The summed E-state index contributed by atoms with van der Waals surface area (Å²) in [5, 5.41) is 19.4. The normalized spacial score (nSPS) is 43.5. The molecule has 0 aliphatic heterocycles. The SMILES string of the molecule is COC(=O)[C@H]1CC[C@H]2[C@@H]3CC=C4C[C@@H](C(CCCCCO)OC(CCCCCO)[C@H]5CC[C@@]6(C)C(=CC[C@H]7[C@@H]8CC[C@H](C(=O)OC)[C@@]8(C)CC[C@@H]76)C5)CC[C@]4(C)[C@H]3CC[C@]12C. The van der Waals surface area contributed by atoms with Crippen molar-refractivity contribution in [2.24, 2.45) is 80.8 Å². The van der Waals surface area contributed by atoms with Gasteiger partial charge in [0.2, 0.25) is 0 Å². The number of carbonyl (C=O) groups excluding carboxylic acids is 2. The number of allylic oxidation sites excluding steroid dienone is 4. The van der Waals surface area contributed by atoms with E-state index < -0.39 is 0 Å². The lowest BCUT2D eigenvalue weighted by atomic mass is 9.46. The average Bonchev–Trinajstić information content (AvgIpc) is 3.81. The zero-order valence-electron chi connectivity index (χ0n) is 39.4. The number of hydrogen-bond acceptors (Lipinski definition) is 7. The molecular weight excluding hydrogens is 761 g/mol. The maximum atomic E-state index is 12.9. The van der Waals surface area contributed by atoms with Crippen molar-refractivity contribution in [1.82, 2.24) is 0 Å². The van der Waals surface area contributed by atoms with Crippen LogP contribution >= 0.6 is 0 Å². The first-order chi connectivity index (χ1) is 29.4. The second-order valence-electron chi connectivity index (χ2n) is 23.3. The predicted molar refractivity (Wildman–Crippen MR) is 241 cm³/mol. The molecule has 16 atom stereocenters. The van der Waals surface area contributed by atoms with Gasteiger partial charge in [0.25, 0.3) is 0 Å². The fourth-order valence-electron chi connectivity index (χ4n) is 17.4. The third-order valence-corrected chi connectivity index (χ3v) is 21.0. The van der Waals surface area contributed by atoms with Crippen LogP contribution in [0, 0.1) is 80.8 Å². The highest BCUT2D eigenvalue weighted by Gasteiger charge is 2.62. The van der Waals surface area contributed by atoms with E-state index in [1.165, 1.54) is 51.4 Å². The topological polar surface area (TPSA) is 102 Å². The highest BCUT2D eigenvalue weighted by molar-refractivity contribution is 5.74. The molecule has 7 nitrogen and oxygen atoms in total. The summed E-state index contributed by atoms with van der Waals surface area (Å²) in [6.45, 7) is 10.6. The number of esters is 2. The van der Waals surface area contributed by atoms with Crippen LogP contribution in [0.4, 0.5) is 0 Å². The van der Waals surface area contributed by atoms with Crippen LogP contribution in [0.2, 0.25) is 0 Å². The van der Waals surface area contributed by atoms with E-state index in [1.807, 2.05) is 0 Å². The van der Waals surface area contributed by atoms with Gasteiger partial charge >= 0.3 is 11.9 Å². The molecule has 8 rings (SSSR count). The molecule has 7 heteroatoms. The average molecular weight is 847 g/mol. The zero-order chi connectivity index (χ0) is 43.2. The van der Waals surface area contributed by atoms with Crippen LogP contribution in [0.25, 0.3) is 0 Å². The summed E-state index contributed by atoms with van der Waals surface area (Å²) in [5.41, 5.74) is 4.04. The predicted octanol–water partition coefficient (Wildman–Crippen LogP) is 11.6. The number of hydrogen-bond donors (Lipinski definition) is 2. The zero-order valence-corrected chi connectivity index (χ0v) is 39.4. The van der Waals surface area contributed by atoms with Gasteiger partial charge in [-0.1, -0.05) is 76.7 Å². The van der Waals surface area contributed by atoms with Gasteiger partial charge in [-0.25, -0.2) is 0 Å². The molecule has 344 valence electrons. The number of fused-ring (bicyclic) bond motifs is 10. The lowest BCUT2D eigenvalue weighted by molar-refractivity contribution is -0.153. The van der Waals surface area contributed by atoms with Crippen LogP contribution in [0.5, 0.6) is 0 Å². The first kappa shape index (κ1) is 45.9. The van der Waals surface area contributed by atoms with E-state index >= 15 is 0 Å². The standard InChI is InChI=1S/C54H86O7/c1-51-27-23-35(33-37(51)15-17-39-41-19-21-45(49(57)59-5)53(41,3)29-25-43(39)51)47(13-9-7-11-31-55)61-48(14-10-8-12-32-56)36-24-28-52(2)38(34-36)16-18-40-42-20-22-46(50(58)60-6)54(42,4)30-26-44(40)52/h15-16,35-36,39-48,55-56H,7-14,17-34H2,1-6H3/t35-,36-,39-,40-,41-,42-,43-,44-,45+,46+,47?,48?,51-,52-,53-,54-/m0/s1. The molecule has 0 aromatic rings. The third kappa shape index (κ3) is 8.18. The molecule has 6 fully saturated rings. The molecule has 0 bridgehead atoms. The molecule has 0 spiro atoms. The fraction of sp³-hybridized carbons (Fsp3) is 0.889. The lowest BCUT2D eigenvalue weighted by Gasteiger charge is -2.58. The Morgan fingerprint density at radius 3 is 1.39 bits per heavy atom. The Hall–Kier alpha value is -1.70. The monoisotopic (exact) mass is 847 g/mol. The lowest BCUT2D eigenvalue weighted by Crippen LogP contribution is -2.51. The summed E-state index contributed by atoms with van der Waals surface area (Å²) < 4.78 is 18.4. The molecule has 0 amide bonds. The summed E-state index contributed by atoms with van der Waals surface area (Å²) >= 11 is 0.